The number of nitrogens with zero attached hydrogens (tertiary/aromatic N) is 1. The molecule has 0 bridgehead atoms. The van der Waals surface area contributed by atoms with Crippen LogP contribution in [-0.4, -0.2) is 23.7 Å². The number of rotatable bonds is 8. The van der Waals surface area contributed by atoms with Gasteiger partial charge in [0.2, 0.25) is 5.89 Å². The Morgan fingerprint density at radius 3 is 2.39 bits per heavy atom. The second kappa shape index (κ2) is 10.2. The van der Waals surface area contributed by atoms with E-state index in [4.69, 9.17) is 18.9 Å². The van der Waals surface area contributed by atoms with Gasteiger partial charge in [0, 0.05) is 17.0 Å². The zero-order valence-electron chi connectivity index (χ0n) is 20.1. The first kappa shape index (κ1) is 24.8. The third-order valence-corrected chi connectivity index (χ3v) is 6.92. The first-order valence-corrected chi connectivity index (χ1v) is 11.8. The number of carbonyl (C=O) groups is 1. The van der Waals surface area contributed by atoms with Gasteiger partial charge < -0.3 is 23.8 Å². The van der Waals surface area contributed by atoms with Crippen molar-refractivity contribution >= 4 is 5.97 Å². The van der Waals surface area contributed by atoms with E-state index < -0.39 is 18.2 Å². The zero-order valence-corrected chi connectivity index (χ0v) is 22.1. The van der Waals surface area contributed by atoms with Crippen LogP contribution in [0.4, 0.5) is 0 Å². The zero-order chi connectivity index (χ0) is 23.8. The molecule has 36 heavy (non-hydrogen) atoms. The van der Waals surface area contributed by atoms with Gasteiger partial charge in [0.15, 0.2) is 11.4 Å². The molecule has 1 aliphatic heterocycles. The molecule has 1 aromatic heterocycles. The molecular weight excluding hydrogens is 465 g/mol. The summed E-state index contributed by atoms with van der Waals surface area (Å²) in [6, 6.07) is 27.6. The van der Waals surface area contributed by atoms with Crippen LogP contribution in [0.1, 0.15) is 24.3 Å². The molecule has 2 heterocycles. The van der Waals surface area contributed by atoms with Crippen LogP contribution in [0, 0.1) is 5.92 Å². The number of carboxylic acid groups (broad SMARTS) is 1. The number of aliphatic carboxylic acids is 1. The van der Waals surface area contributed by atoms with Gasteiger partial charge in [-0.1, -0.05) is 72.8 Å². The summed E-state index contributed by atoms with van der Waals surface area (Å²) in [4.78, 5) is 15.8. The summed E-state index contributed by atoms with van der Waals surface area (Å²) in [6.45, 7) is -0.469. The standard InChI is InChI=1S/C29H25NO5.Na/c31-25(32)18-33-23-13-7-8-19(17-23)16-22-14-15-24-29(22,35-24)28-30-26(20-9-3-1-4-10-20)27(34-28)21-11-5-2-6-12-21;/h1-13,17,22,24H,14-16,18H2,(H,31,32);/q;+1/p-1. The Balaban J connectivity index is 0.00000267. The fraction of sp³-hybridized carbons (Fsp3) is 0.241. The maximum absolute atomic E-state index is 10.7. The van der Waals surface area contributed by atoms with Crippen molar-refractivity contribution < 1.29 is 53.3 Å². The van der Waals surface area contributed by atoms with Crippen molar-refractivity contribution in [2.45, 2.75) is 31.0 Å². The molecule has 7 heteroatoms. The summed E-state index contributed by atoms with van der Waals surface area (Å²) in [6.07, 6.45) is 2.80. The van der Waals surface area contributed by atoms with Gasteiger partial charge in [0.25, 0.3) is 0 Å². The molecule has 2 fully saturated rings. The first-order chi connectivity index (χ1) is 17.1. The maximum Gasteiger partial charge on any atom is 1.00 e. The molecule has 6 nitrogen and oxygen atoms in total. The molecular formula is C29H24NNaO5. The third kappa shape index (κ3) is 4.62. The molecule has 4 aromatic rings. The Hall–Kier alpha value is -2.90. The monoisotopic (exact) mass is 489 g/mol. The van der Waals surface area contributed by atoms with Crippen LogP contribution in [0.2, 0.25) is 0 Å². The molecule has 0 spiro atoms. The molecule has 0 amide bonds. The molecule has 3 aromatic carbocycles. The van der Waals surface area contributed by atoms with Crippen molar-refractivity contribution in [2.24, 2.45) is 5.92 Å². The van der Waals surface area contributed by atoms with E-state index in [2.05, 4.69) is 0 Å². The second-order valence-electron chi connectivity index (χ2n) is 9.11. The van der Waals surface area contributed by atoms with Gasteiger partial charge in [-0.05, 0) is 37.0 Å². The maximum atomic E-state index is 10.7. The summed E-state index contributed by atoms with van der Waals surface area (Å²) in [7, 11) is 0. The predicted octanol–water partition coefficient (Wildman–Crippen LogP) is 1.39. The molecule has 3 unspecified atom stereocenters. The Morgan fingerprint density at radius 1 is 0.972 bits per heavy atom. The number of aromatic nitrogens is 1. The second-order valence-corrected chi connectivity index (χ2v) is 9.11. The Bertz CT molecular complexity index is 1300. The number of ether oxygens (including phenoxy) is 2. The molecule has 1 aliphatic carbocycles. The Kier molecular flexibility index (Phi) is 7.04. The topological polar surface area (TPSA) is 87.9 Å². The van der Waals surface area contributed by atoms with Crippen molar-refractivity contribution in [1.29, 1.82) is 0 Å². The van der Waals surface area contributed by atoms with Crippen molar-refractivity contribution in [3.8, 4) is 28.3 Å². The van der Waals surface area contributed by atoms with Crippen molar-refractivity contribution in [3.05, 3.63) is 96.4 Å². The number of hydrogen-bond acceptors (Lipinski definition) is 6. The number of epoxide rings is 1. The van der Waals surface area contributed by atoms with Gasteiger partial charge >= 0.3 is 29.6 Å². The van der Waals surface area contributed by atoms with E-state index >= 15 is 0 Å². The van der Waals surface area contributed by atoms with Crippen LogP contribution in [0.15, 0.2) is 89.3 Å². The van der Waals surface area contributed by atoms with Crippen LogP contribution in [0.25, 0.3) is 22.6 Å². The quantitative estimate of drug-likeness (QED) is 0.275. The van der Waals surface area contributed by atoms with Crippen molar-refractivity contribution in [2.75, 3.05) is 6.61 Å². The fourth-order valence-corrected chi connectivity index (χ4v) is 5.27. The smallest absolute Gasteiger partial charge is 0.546 e. The van der Waals surface area contributed by atoms with E-state index in [0.29, 0.717) is 11.6 Å². The van der Waals surface area contributed by atoms with E-state index in [1.807, 2.05) is 78.9 Å². The number of carboxylic acids is 1. The normalized spacial score (nSPS) is 21.9. The minimum absolute atomic E-state index is 0. The van der Waals surface area contributed by atoms with Gasteiger partial charge in [0.05, 0.1) is 12.1 Å². The molecule has 1 saturated heterocycles. The minimum Gasteiger partial charge on any atom is -0.546 e. The van der Waals surface area contributed by atoms with E-state index in [1.165, 1.54) is 0 Å². The Labute approximate surface area is 231 Å². The summed E-state index contributed by atoms with van der Waals surface area (Å²) < 4.78 is 18.1. The summed E-state index contributed by atoms with van der Waals surface area (Å²) in [5.74, 6) is 0.841. The van der Waals surface area contributed by atoms with E-state index in [9.17, 15) is 9.90 Å². The first-order valence-electron chi connectivity index (χ1n) is 11.8. The molecule has 176 valence electrons. The van der Waals surface area contributed by atoms with Gasteiger partial charge in [-0.15, -0.1) is 0 Å². The summed E-state index contributed by atoms with van der Waals surface area (Å²) in [5, 5.41) is 10.7. The van der Waals surface area contributed by atoms with Gasteiger partial charge in [0.1, 0.15) is 18.1 Å². The molecule has 1 saturated carbocycles. The molecule has 6 rings (SSSR count). The number of benzene rings is 3. The van der Waals surface area contributed by atoms with Gasteiger partial charge in [-0.3, -0.25) is 0 Å². The average molecular weight is 490 g/mol. The molecule has 2 aliphatic rings. The Morgan fingerprint density at radius 2 is 1.69 bits per heavy atom. The molecule has 3 atom stereocenters. The average Bonchev–Trinajstić information content (AvgIpc) is 3.27. The summed E-state index contributed by atoms with van der Waals surface area (Å²) >= 11 is 0. The van der Waals surface area contributed by atoms with Crippen LogP contribution in [0.5, 0.6) is 5.75 Å². The van der Waals surface area contributed by atoms with Crippen LogP contribution < -0.4 is 39.4 Å². The van der Waals surface area contributed by atoms with Crippen LogP contribution in [0.3, 0.4) is 0 Å². The van der Waals surface area contributed by atoms with Crippen LogP contribution in [-0.2, 0) is 21.6 Å². The number of carbonyl (C=O) groups excluding carboxylic acids is 1. The van der Waals surface area contributed by atoms with E-state index in [0.717, 1.165) is 47.4 Å². The minimum atomic E-state index is -1.24. The fourth-order valence-electron chi connectivity index (χ4n) is 5.27. The van der Waals surface area contributed by atoms with Crippen molar-refractivity contribution in [3.63, 3.8) is 0 Å². The van der Waals surface area contributed by atoms with Crippen LogP contribution >= 0.6 is 0 Å². The molecule has 0 N–H and O–H groups in total. The van der Waals surface area contributed by atoms with Gasteiger partial charge in [-0.25, -0.2) is 4.98 Å². The van der Waals surface area contributed by atoms with E-state index in [-0.39, 0.29) is 41.6 Å². The number of fused-ring (bicyclic) bond motifs is 1. The predicted molar refractivity (Wildman–Crippen MR) is 127 cm³/mol. The third-order valence-electron chi connectivity index (χ3n) is 6.92. The van der Waals surface area contributed by atoms with Crippen molar-refractivity contribution in [1.82, 2.24) is 4.98 Å². The SMILES string of the molecule is O=C([O-])COc1cccc(CC2CCC3OC23c2nc(-c3ccccc3)c(-c3ccccc3)o2)c1.[Na+]. The van der Waals surface area contributed by atoms with Gasteiger partial charge in [-0.2, -0.15) is 0 Å². The number of oxazole rings is 1. The molecule has 0 radical (unpaired) electrons. The largest absolute Gasteiger partial charge is 1.00 e. The number of hydrogen-bond donors (Lipinski definition) is 0. The van der Waals surface area contributed by atoms with E-state index in [1.54, 1.807) is 6.07 Å². The summed E-state index contributed by atoms with van der Waals surface area (Å²) in [5.41, 5.74) is 3.31.